The summed E-state index contributed by atoms with van der Waals surface area (Å²) in [4.78, 5) is 8.93. The van der Waals surface area contributed by atoms with Gasteiger partial charge in [0.2, 0.25) is 16.0 Å². The van der Waals surface area contributed by atoms with Gasteiger partial charge in [-0.2, -0.15) is 4.98 Å². The first-order valence-electron chi connectivity index (χ1n) is 8.22. The van der Waals surface area contributed by atoms with Crippen LogP contribution in [0.2, 0.25) is 0 Å². The highest BCUT2D eigenvalue weighted by molar-refractivity contribution is 7.89. The molecule has 3 N–H and O–H groups in total. The van der Waals surface area contributed by atoms with E-state index < -0.39 is 10.0 Å². The molecule has 0 aliphatic rings. The van der Waals surface area contributed by atoms with Crippen LogP contribution in [0, 0.1) is 20.8 Å². The largest absolute Gasteiger partial charge is 0.370 e. The third-order valence-corrected chi connectivity index (χ3v) is 5.15. The summed E-state index contributed by atoms with van der Waals surface area (Å²) in [6.45, 7) is 9.00. The minimum Gasteiger partial charge on any atom is -0.370 e. The van der Waals surface area contributed by atoms with E-state index in [1.165, 1.54) is 0 Å². The van der Waals surface area contributed by atoms with Crippen LogP contribution in [0.4, 0.5) is 11.8 Å². The molecule has 2 aromatic rings. The van der Waals surface area contributed by atoms with Crippen molar-refractivity contribution in [1.29, 1.82) is 0 Å². The van der Waals surface area contributed by atoms with Gasteiger partial charge in [0.05, 0.1) is 4.90 Å². The van der Waals surface area contributed by atoms with E-state index in [9.17, 15) is 8.42 Å². The van der Waals surface area contributed by atoms with E-state index in [1.807, 2.05) is 32.9 Å². The maximum absolute atomic E-state index is 12.4. The van der Waals surface area contributed by atoms with E-state index >= 15 is 0 Å². The minimum atomic E-state index is -3.53. The van der Waals surface area contributed by atoms with E-state index in [0.717, 1.165) is 29.2 Å². The normalized spacial score (nSPS) is 11.4. The zero-order valence-corrected chi connectivity index (χ0v) is 15.9. The SMILES string of the molecule is CCNc1cc(C)nc(NCCNS(=O)(=O)c2ccc(C)cc2C)n1. The first kappa shape index (κ1) is 19.1. The van der Waals surface area contributed by atoms with Crippen molar-refractivity contribution in [3.8, 4) is 0 Å². The molecule has 0 aliphatic carbocycles. The molecular formula is C17H25N5O2S. The van der Waals surface area contributed by atoms with E-state index in [2.05, 4.69) is 25.3 Å². The van der Waals surface area contributed by atoms with Crippen molar-refractivity contribution in [2.24, 2.45) is 0 Å². The molecule has 0 unspecified atom stereocenters. The standard InChI is InChI=1S/C17H25N5O2S/c1-5-18-16-11-14(4)21-17(22-16)19-8-9-20-25(23,24)15-7-6-12(2)10-13(15)3/h6-7,10-11,20H,5,8-9H2,1-4H3,(H2,18,19,21,22). The van der Waals surface area contributed by atoms with Crippen LogP contribution in [0.25, 0.3) is 0 Å². The number of rotatable bonds is 8. The second-order valence-electron chi connectivity index (χ2n) is 5.84. The molecule has 136 valence electrons. The Balaban J connectivity index is 1.94. The molecular weight excluding hydrogens is 338 g/mol. The van der Waals surface area contributed by atoms with Crippen molar-refractivity contribution in [3.63, 3.8) is 0 Å². The van der Waals surface area contributed by atoms with E-state index in [-0.39, 0.29) is 6.54 Å². The fourth-order valence-corrected chi connectivity index (χ4v) is 3.71. The topological polar surface area (TPSA) is 96.0 Å². The quantitative estimate of drug-likeness (QED) is 0.623. The lowest BCUT2D eigenvalue weighted by Crippen LogP contribution is -2.29. The monoisotopic (exact) mass is 363 g/mol. The van der Waals surface area contributed by atoms with Crippen molar-refractivity contribution in [2.75, 3.05) is 30.3 Å². The lowest BCUT2D eigenvalue weighted by Gasteiger charge is -2.11. The van der Waals surface area contributed by atoms with Crippen LogP contribution in [0.1, 0.15) is 23.7 Å². The molecule has 0 saturated carbocycles. The van der Waals surface area contributed by atoms with Crippen LogP contribution in [0.3, 0.4) is 0 Å². The van der Waals surface area contributed by atoms with Crippen molar-refractivity contribution >= 4 is 21.8 Å². The van der Waals surface area contributed by atoms with Gasteiger partial charge in [0.25, 0.3) is 0 Å². The lowest BCUT2D eigenvalue weighted by atomic mass is 10.2. The van der Waals surface area contributed by atoms with Crippen LogP contribution >= 0.6 is 0 Å². The van der Waals surface area contributed by atoms with Crippen LogP contribution in [-0.4, -0.2) is 38.0 Å². The van der Waals surface area contributed by atoms with Crippen molar-refractivity contribution in [2.45, 2.75) is 32.6 Å². The summed E-state index contributed by atoms with van der Waals surface area (Å²) in [6, 6.07) is 7.14. The zero-order chi connectivity index (χ0) is 18.4. The Morgan fingerprint density at radius 2 is 1.76 bits per heavy atom. The summed E-state index contributed by atoms with van der Waals surface area (Å²) in [5.74, 6) is 1.22. The number of nitrogens with zero attached hydrogens (tertiary/aromatic N) is 2. The number of benzene rings is 1. The van der Waals surface area contributed by atoms with Gasteiger partial charge < -0.3 is 10.6 Å². The van der Waals surface area contributed by atoms with Crippen LogP contribution in [0.15, 0.2) is 29.2 Å². The molecule has 1 aromatic carbocycles. The Bertz CT molecular complexity index is 837. The highest BCUT2D eigenvalue weighted by atomic mass is 32.2. The van der Waals surface area contributed by atoms with Crippen LogP contribution < -0.4 is 15.4 Å². The predicted octanol–water partition coefficient (Wildman–Crippen LogP) is 2.22. The predicted molar refractivity (Wildman–Crippen MR) is 101 cm³/mol. The van der Waals surface area contributed by atoms with Gasteiger partial charge in [-0.1, -0.05) is 17.7 Å². The first-order valence-corrected chi connectivity index (χ1v) is 9.70. The van der Waals surface area contributed by atoms with Crippen LogP contribution in [-0.2, 0) is 10.0 Å². The Morgan fingerprint density at radius 3 is 2.44 bits per heavy atom. The molecule has 1 aromatic heterocycles. The van der Waals surface area contributed by atoms with Gasteiger partial charge in [-0.05, 0) is 39.3 Å². The number of aryl methyl sites for hydroxylation is 3. The number of aromatic nitrogens is 2. The second kappa shape index (κ2) is 8.26. The summed E-state index contributed by atoms with van der Waals surface area (Å²) >= 11 is 0. The fraction of sp³-hybridized carbons (Fsp3) is 0.412. The molecule has 1 heterocycles. The number of hydrogen-bond donors (Lipinski definition) is 3. The van der Waals surface area contributed by atoms with Crippen molar-refractivity contribution in [1.82, 2.24) is 14.7 Å². The summed E-state index contributed by atoms with van der Waals surface area (Å²) in [5, 5.41) is 6.18. The molecule has 0 aliphatic heterocycles. The molecule has 25 heavy (non-hydrogen) atoms. The lowest BCUT2D eigenvalue weighted by molar-refractivity contribution is 0.582. The molecule has 0 amide bonds. The Hall–Kier alpha value is -2.19. The molecule has 7 nitrogen and oxygen atoms in total. The molecule has 0 spiro atoms. The van der Waals surface area contributed by atoms with E-state index in [1.54, 1.807) is 19.1 Å². The van der Waals surface area contributed by atoms with Crippen molar-refractivity contribution < 1.29 is 8.42 Å². The average Bonchev–Trinajstić information content (AvgIpc) is 2.51. The molecule has 0 radical (unpaired) electrons. The summed E-state index contributed by atoms with van der Waals surface area (Å²) in [5.41, 5.74) is 2.60. The van der Waals surface area contributed by atoms with E-state index in [0.29, 0.717) is 17.4 Å². The molecule has 0 bridgehead atoms. The maximum Gasteiger partial charge on any atom is 0.240 e. The van der Waals surface area contributed by atoms with Gasteiger partial charge in [0.1, 0.15) is 5.82 Å². The second-order valence-corrected chi connectivity index (χ2v) is 7.58. The highest BCUT2D eigenvalue weighted by Gasteiger charge is 2.15. The van der Waals surface area contributed by atoms with Gasteiger partial charge in [0, 0.05) is 31.4 Å². The number of hydrogen-bond acceptors (Lipinski definition) is 6. The van der Waals surface area contributed by atoms with Gasteiger partial charge in [0.15, 0.2) is 0 Å². The maximum atomic E-state index is 12.4. The van der Waals surface area contributed by atoms with Gasteiger partial charge in [-0.3, -0.25) is 0 Å². The average molecular weight is 363 g/mol. The third-order valence-electron chi connectivity index (χ3n) is 3.53. The van der Waals surface area contributed by atoms with E-state index in [4.69, 9.17) is 0 Å². The van der Waals surface area contributed by atoms with Gasteiger partial charge >= 0.3 is 0 Å². The summed E-state index contributed by atoms with van der Waals surface area (Å²) in [7, 11) is -3.53. The third kappa shape index (κ3) is 5.40. The Kier molecular flexibility index (Phi) is 6.33. The van der Waals surface area contributed by atoms with Crippen molar-refractivity contribution in [3.05, 3.63) is 41.1 Å². The number of anilines is 2. The molecule has 0 saturated heterocycles. The fourth-order valence-electron chi connectivity index (χ4n) is 2.46. The summed E-state index contributed by atoms with van der Waals surface area (Å²) in [6.07, 6.45) is 0. The molecule has 0 atom stereocenters. The number of sulfonamides is 1. The van der Waals surface area contributed by atoms with Gasteiger partial charge in [-0.15, -0.1) is 0 Å². The van der Waals surface area contributed by atoms with Gasteiger partial charge in [-0.25, -0.2) is 18.1 Å². The molecule has 2 rings (SSSR count). The summed E-state index contributed by atoms with van der Waals surface area (Å²) < 4.78 is 27.4. The highest BCUT2D eigenvalue weighted by Crippen LogP contribution is 2.16. The smallest absolute Gasteiger partial charge is 0.240 e. The Labute approximate surface area is 149 Å². The van der Waals surface area contributed by atoms with Crippen LogP contribution in [0.5, 0.6) is 0 Å². The zero-order valence-electron chi connectivity index (χ0n) is 15.0. The molecule has 8 heteroatoms. The first-order chi connectivity index (χ1) is 11.8. The number of nitrogens with one attached hydrogen (secondary N) is 3. The molecule has 0 fully saturated rings. The Morgan fingerprint density at radius 1 is 1.00 bits per heavy atom. The minimum absolute atomic E-state index is 0.240.